The van der Waals surface area contributed by atoms with Gasteiger partial charge < -0.3 is 14.0 Å². The normalized spacial score (nSPS) is 12.3. The van der Waals surface area contributed by atoms with E-state index in [1.807, 2.05) is 18.2 Å². The number of quaternary nitrogens is 1. The molecule has 0 bridgehead atoms. The second-order valence-corrected chi connectivity index (χ2v) is 11.2. The molecule has 0 fully saturated rings. The van der Waals surface area contributed by atoms with Gasteiger partial charge >= 0.3 is 5.97 Å². The first-order chi connectivity index (χ1) is 17.9. The summed E-state index contributed by atoms with van der Waals surface area (Å²) >= 11 is 0. The molecule has 4 nitrogen and oxygen atoms in total. The lowest BCUT2D eigenvalue weighted by atomic mass is 10.0. The average Bonchev–Trinajstić information content (AvgIpc) is 2.86. The Morgan fingerprint density at radius 3 is 1.97 bits per heavy atom. The van der Waals surface area contributed by atoms with Gasteiger partial charge in [0.25, 0.3) is 0 Å². The predicted octanol–water partition coefficient (Wildman–Crippen LogP) is 8.47. The number of carbonyl (C=O) groups is 1. The fourth-order valence-electron chi connectivity index (χ4n) is 4.82. The minimum atomic E-state index is -0.591. The molecular formula is C33H52NO3+. The van der Waals surface area contributed by atoms with E-state index < -0.39 is 6.29 Å². The Kier molecular flexibility index (Phi) is 15.0. The van der Waals surface area contributed by atoms with E-state index in [2.05, 4.69) is 57.4 Å². The van der Waals surface area contributed by atoms with Crippen molar-refractivity contribution in [1.29, 1.82) is 0 Å². The van der Waals surface area contributed by atoms with Gasteiger partial charge in [0.2, 0.25) is 6.29 Å². The summed E-state index contributed by atoms with van der Waals surface area (Å²) in [5.74, 6) is 0.539. The van der Waals surface area contributed by atoms with Crippen molar-refractivity contribution in [3.63, 3.8) is 0 Å². The molecule has 0 aromatic heterocycles. The Hall–Kier alpha value is -2.33. The molecule has 37 heavy (non-hydrogen) atoms. The maximum absolute atomic E-state index is 12.3. The minimum absolute atomic E-state index is 0.204. The summed E-state index contributed by atoms with van der Waals surface area (Å²) in [6.45, 7) is 5.92. The number of benzene rings is 2. The van der Waals surface area contributed by atoms with Crippen LogP contribution in [0, 0.1) is 0 Å². The number of hydrogen-bond acceptors (Lipinski definition) is 3. The molecule has 2 aromatic carbocycles. The Balaban J connectivity index is 1.55. The molecule has 0 spiro atoms. The first-order valence-electron chi connectivity index (χ1n) is 14.7. The van der Waals surface area contributed by atoms with Crippen LogP contribution in [-0.2, 0) is 22.5 Å². The average molecular weight is 511 g/mol. The molecule has 0 aliphatic rings. The Morgan fingerprint density at radius 2 is 1.35 bits per heavy atom. The van der Waals surface area contributed by atoms with Gasteiger partial charge in [-0.25, -0.2) is 0 Å². The molecule has 0 saturated heterocycles. The molecule has 4 heteroatoms. The van der Waals surface area contributed by atoms with Gasteiger partial charge in [-0.2, -0.15) is 0 Å². The van der Waals surface area contributed by atoms with E-state index >= 15 is 0 Å². The van der Waals surface area contributed by atoms with Crippen LogP contribution in [0.2, 0.25) is 0 Å². The predicted molar refractivity (Wildman–Crippen MR) is 155 cm³/mol. The van der Waals surface area contributed by atoms with E-state index in [1.165, 1.54) is 75.3 Å². The van der Waals surface area contributed by atoms with Crippen LogP contribution in [0.5, 0.6) is 5.75 Å². The molecule has 0 aliphatic carbocycles. The van der Waals surface area contributed by atoms with Crippen molar-refractivity contribution in [3.8, 4) is 5.75 Å². The molecule has 1 unspecified atom stereocenters. The summed E-state index contributed by atoms with van der Waals surface area (Å²) in [6, 6.07) is 18.7. The first kappa shape index (κ1) is 30.9. The number of aryl methyl sites for hydroxylation is 1. The Bertz CT molecular complexity index is 848. The number of ether oxygens (including phenoxy) is 2. The van der Waals surface area contributed by atoms with Crippen LogP contribution in [0.1, 0.15) is 102 Å². The highest BCUT2D eigenvalue weighted by atomic mass is 16.7. The van der Waals surface area contributed by atoms with Crippen LogP contribution in [0.4, 0.5) is 0 Å². The lowest BCUT2D eigenvalue weighted by molar-refractivity contribution is -0.903. The van der Waals surface area contributed by atoms with Gasteiger partial charge in [-0.05, 0) is 30.5 Å². The molecule has 0 amide bonds. The van der Waals surface area contributed by atoms with E-state index in [0.717, 1.165) is 36.2 Å². The number of rotatable bonds is 20. The van der Waals surface area contributed by atoms with Gasteiger partial charge in [-0.3, -0.25) is 4.79 Å². The standard InChI is InChI=1S/C33H52NO3/c1-5-6-7-8-9-10-11-12-13-15-19-30-23-25-32(26-24-30)36-29(2)37-33(35)22-18-27-34(3,4)28-31-20-16-14-17-21-31/h14,16-17,20-21,23-26,29H,5-13,15,18-19,22,27-28H2,1-4H3/q+1. The van der Waals surface area contributed by atoms with Crippen LogP contribution in [0.15, 0.2) is 54.6 Å². The molecule has 2 rings (SSSR count). The smallest absolute Gasteiger partial charge is 0.309 e. The summed E-state index contributed by atoms with van der Waals surface area (Å²) in [6.07, 6.45) is 15.3. The SMILES string of the molecule is CCCCCCCCCCCCc1ccc(OC(C)OC(=O)CCC[N+](C)(C)Cc2ccccc2)cc1. The molecule has 0 aliphatic heterocycles. The van der Waals surface area contributed by atoms with E-state index in [-0.39, 0.29) is 5.97 Å². The summed E-state index contributed by atoms with van der Waals surface area (Å²) in [5.41, 5.74) is 2.65. The highest BCUT2D eigenvalue weighted by Gasteiger charge is 2.18. The molecule has 0 N–H and O–H groups in total. The molecule has 0 radical (unpaired) electrons. The molecule has 1 atom stereocenters. The van der Waals surface area contributed by atoms with E-state index in [4.69, 9.17) is 9.47 Å². The molecular weight excluding hydrogens is 458 g/mol. The number of unbranched alkanes of at least 4 members (excludes halogenated alkanes) is 9. The third kappa shape index (κ3) is 14.9. The lowest BCUT2D eigenvalue weighted by Gasteiger charge is -2.29. The summed E-state index contributed by atoms with van der Waals surface area (Å²) < 4.78 is 12.2. The van der Waals surface area contributed by atoms with Crippen LogP contribution in [0.3, 0.4) is 0 Å². The molecule has 0 saturated carbocycles. The maximum Gasteiger partial charge on any atom is 0.309 e. The maximum atomic E-state index is 12.3. The van der Waals surface area contributed by atoms with Crippen molar-refractivity contribution in [2.45, 2.75) is 110 Å². The Labute approximate surface area is 227 Å². The van der Waals surface area contributed by atoms with Crippen molar-refractivity contribution in [2.75, 3.05) is 20.6 Å². The van der Waals surface area contributed by atoms with Crippen molar-refractivity contribution < 1.29 is 18.8 Å². The summed E-state index contributed by atoms with van der Waals surface area (Å²) in [7, 11) is 4.40. The zero-order chi connectivity index (χ0) is 26.8. The number of nitrogens with zero attached hydrogens (tertiary/aromatic N) is 1. The van der Waals surface area contributed by atoms with E-state index in [0.29, 0.717) is 6.42 Å². The van der Waals surface area contributed by atoms with Crippen LogP contribution in [0.25, 0.3) is 0 Å². The summed E-state index contributed by atoms with van der Waals surface area (Å²) in [5, 5.41) is 0. The van der Waals surface area contributed by atoms with E-state index in [9.17, 15) is 4.79 Å². The van der Waals surface area contributed by atoms with Gasteiger partial charge in [0, 0.05) is 18.9 Å². The minimum Gasteiger partial charge on any atom is -0.455 e. The monoisotopic (exact) mass is 510 g/mol. The third-order valence-electron chi connectivity index (χ3n) is 6.94. The molecule has 2 aromatic rings. The van der Waals surface area contributed by atoms with Gasteiger partial charge in [0.1, 0.15) is 12.3 Å². The topological polar surface area (TPSA) is 35.5 Å². The fourth-order valence-corrected chi connectivity index (χ4v) is 4.82. The number of esters is 1. The molecule has 206 valence electrons. The number of hydrogen-bond donors (Lipinski definition) is 0. The van der Waals surface area contributed by atoms with Crippen LogP contribution in [-0.4, -0.2) is 37.4 Å². The van der Waals surface area contributed by atoms with Crippen molar-refractivity contribution in [2.24, 2.45) is 0 Å². The van der Waals surface area contributed by atoms with Gasteiger partial charge in [0.05, 0.1) is 27.1 Å². The Morgan fingerprint density at radius 1 is 0.757 bits per heavy atom. The zero-order valence-electron chi connectivity index (χ0n) is 24.1. The second kappa shape index (κ2) is 18.0. The first-order valence-corrected chi connectivity index (χ1v) is 14.7. The highest BCUT2D eigenvalue weighted by Crippen LogP contribution is 2.18. The zero-order valence-corrected chi connectivity index (χ0v) is 24.1. The lowest BCUT2D eigenvalue weighted by Crippen LogP contribution is -2.39. The number of carbonyl (C=O) groups excluding carboxylic acids is 1. The van der Waals surface area contributed by atoms with Crippen molar-refractivity contribution in [3.05, 3.63) is 65.7 Å². The van der Waals surface area contributed by atoms with Crippen LogP contribution >= 0.6 is 0 Å². The second-order valence-electron chi connectivity index (χ2n) is 11.2. The quantitative estimate of drug-likeness (QED) is 0.0775. The largest absolute Gasteiger partial charge is 0.455 e. The van der Waals surface area contributed by atoms with E-state index in [1.54, 1.807) is 6.92 Å². The molecule has 0 heterocycles. The van der Waals surface area contributed by atoms with Crippen LogP contribution < -0.4 is 4.74 Å². The van der Waals surface area contributed by atoms with Gasteiger partial charge in [0.15, 0.2) is 0 Å². The van der Waals surface area contributed by atoms with Crippen molar-refractivity contribution >= 4 is 5.97 Å². The fraction of sp³-hybridized carbons (Fsp3) is 0.606. The van der Waals surface area contributed by atoms with Gasteiger partial charge in [-0.15, -0.1) is 0 Å². The summed E-state index contributed by atoms with van der Waals surface area (Å²) in [4.78, 5) is 12.3. The van der Waals surface area contributed by atoms with Crippen molar-refractivity contribution in [1.82, 2.24) is 0 Å². The highest BCUT2D eigenvalue weighted by molar-refractivity contribution is 5.69. The van der Waals surface area contributed by atoms with Gasteiger partial charge in [-0.1, -0.05) is 107 Å². The third-order valence-corrected chi connectivity index (χ3v) is 6.94.